The number of para-hydroxylation sites is 1. The molecule has 4 N–H and O–H groups in total. The summed E-state index contributed by atoms with van der Waals surface area (Å²) < 4.78 is 0. The minimum Gasteiger partial charge on any atom is -0.479 e. The molecule has 226 valence electrons. The van der Waals surface area contributed by atoms with Crippen LogP contribution >= 0.6 is 23.5 Å². The molecular weight excluding hydrogens is 599 g/mol. The summed E-state index contributed by atoms with van der Waals surface area (Å²) >= 11 is 1.59. The molecule has 0 spiro atoms. The molecular formula is C33H31N3O6S2. The van der Waals surface area contributed by atoms with Gasteiger partial charge in [0.2, 0.25) is 21.7 Å². The summed E-state index contributed by atoms with van der Waals surface area (Å²) in [5, 5.41) is 9.54. The van der Waals surface area contributed by atoms with Gasteiger partial charge in [-0.1, -0.05) is 102 Å². The van der Waals surface area contributed by atoms with Crippen LogP contribution in [0.1, 0.15) is 39.1 Å². The van der Waals surface area contributed by atoms with E-state index in [4.69, 9.17) is 5.73 Å². The number of likely N-dealkylation sites (tertiary alicyclic amines) is 1. The van der Waals surface area contributed by atoms with E-state index in [9.17, 15) is 29.1 Å². The molecule has 0 radical (unpaired) electrons. The number of thioether (sulfide) groups is 2. The van der Waals surface area contributed by atoms with E-state index in [1.165, 1.54) is 0 Å². The Morgan fingerprint density at radius 3 is 2.16 bits per heavy atom. The van der Waals surface area contributed by atoms with Crippen LogP contribution < -0.4 is 5.73 Å². The number of fused-ring (bicyclic) bond motifs is 1. The zero-order chi connectivity index (χ0) is 31.3. The molecule has 1 aliphatic rings. The van der Waals surface area contributed by atoms with Gasteiger partial charge in [-0.25, -0.2) is 4.79 Å². The maximum absolute atomic E-state index is 14.2. The third-order valence-corrected chi connectivity index (χ3v) is 10.1. The van der Waals surface area contributed by atoms with Gasteiger partial charge in [0.1, 0.15) is 5.25 Å². The standard InChI is InChI=1S/C33H31N3O6S2/c34-25(18-23-19-35-26-15-8-7-14-24(23)26)28(37)33(32(41)42)16-9-17-36(33)29(38)27(44-31(40)22-12-5-2-6-13-22)20-43-30(39)21-10-3-1-4-11-21/h1-8,10-15,19,25,27,35H,9,16-18,20,34H2,(H,41,42). The van der Waals surface area contributed by atoms with Crippen LogP contribution in [0.3, 0.4) is 0 Å². The Morgan fingerprint density at radius 1 is 0.886 bits per heavy atom. The molecule has 3 atom stereocenters. The van der Waals surface area contributed by atoms with Gasteiger partial charge in [-0.05, 0) is 30.9 Å². The third-order valence-electron chi connectivity index (χ3n) is 7.77. The van der Waals surface area contributed by atoms with Crippen LogP contribution in [0.25, 0.3) is 10.9 Å². The van der Waals surface area contributed by atoms with Crippen molar-refractivity contribution in [3.05, 3.63) is 108 Å². The van der Waals surface area contributed by atoms with E-state index in [1.54, 1.807) is 66.9 Å². The van der Waals surface area contributed by atoms with Crippen molar-refractivity contribution in [3.8, 4) is 0 Å². The molecule has 0 bridgehead atoms. The van der Waals surface area contributed by atoms with Crippen molar-refractivity contribution in [1.29, 1.82) is 0 Å². The normalized spacial score (nSPS) is 17.7. The van der Waals surface area contributed by atoms with E-state index in [0.717, 1.165) is 44.9 Å². The molecule has 1 amide bonds. The number of rotatable bonds is 11. The SMILES string of the molecule is NC(Cc1c[nH]c2ccccc12)C(=O)C1(C(=O)O)CCCN1C(=O)C(CSC(=O)c1ccccc1)SC(=O)c1ccccc1. The molecule has 1 fully saturated rings. The van der Waals surface area contributed by atoms with E-state index in [-0.39, 0.29) is 36.7 Å². The van der Waals surface area contributed by atoms with Gasteiger partial charge < -0.3 is 20.7 Å². The number of aromatic nitrogens is 1. The van der Waals surface area contributed by atoms with Crippen LogP contribution in [0, 0.1) is 0 Å². The number of carboxylic acid groups (broad SMARTS) is 1. The maximum atomic E-state index is 14.2. The number of carboxylic acids is 1. The first-order valence-electron chi connectivity index (χ1n) is 14.1. The number of nitrogens with zero attached hydrogens (tertiary/aromatic N) is 1. The number of benzene rings is 3. The number of H-pyrrole nitrogens is 1. The van der Waals surface area contributed by atoms with E-state index in [2.05, 4.69) is 4.98 Å². The summed E-state index contributed by atoms with van der Waals surface area (Å²) in [6, 6.07) is 23.2. The first-order chi connectivity index (χ1) is 21.2. The fraction of sp³-hybridized carbons (Fsp3) is 0.242. The number of hydrogen-bond donors (Lipinski definition) is 3. The van der Waals surface area contributed by atoms with E-state index >= 15 is 0 Å². The first kappa shape index (κ1) is 31.2. The highest BCUT2D eigenvalue weighted by atomic mass is 32.2. The van der Waals surface area contributed by atoms with Crippen LogP contribution in [-0.4, -0.2) is 72.0 Å². The fourth-order valence-electron chi connectivity index (χ4n) is 5.55. The molecule has 1 aromatic heterocycles. The summed E-state index contributed by atoms with van der Waals surface area (Å²) in [7, 11) is 0. The lowest BCUT2D eigenvalue weighted by molar-refractivity contribution is -0.162. The van der Waals surface area contributed by atoms with Crippen molar-refractivity contribution in [2.45, 2.75) is 36.1 Å². The molecule has 3 aromatic carbocycles. The predicted octanol–water partition coefficient (Wildman–Crippen LogP) is 4.57. The van der Waals surface area contributed by atoms with E-state index in [1.807, 2.05) is 24.3 Å². The minimum atomic E-state index is -2.19. The van der Waals surface area contributed by atoms with Crippen molar-refractivity contribution in [3.63, 3.8) is 0 Å². The number of amides is 1. The Labute approximate surface area is 262 Å². The molecule has 11 heteroatoms. The highest BCUT2D eigenvalue weighted by molar-refractivity contribution is 8.18. The average Bonchev–Trinajstić information content (AvgIpc) is 3.68. The number of carbonyl (C=O) groups excluding carboxylic acids is 4. The lowest BCUT2D eigenvalue weighted by Gasteiger charge is -2.36. The van der Waals surface area contributed by atoms with Gasteiger partial charge in [0.05, 0.1) is 6.04 Å². The number of hydrogen-bond acceptors (Lipinski definition) is 8. The van der Waals surface area contributed by atoms with Crippen LogP contribution in [0.15, 0.2) is 91.1 Å². The molecule has 9 nitrogen and oxygen atoms in total. The third kappa shape index (κ3) is 6.35. The largest absolute Gasteiger partial charge is 0.479 e. The summed E-state index contributed by atoms with van der Waals surface area (Å²) in [5.74, 6) is -3.03. The van der Waals surface area contributed by atoms with Gasteiger partial charge in [0.25, 0.3) is 0 Å². The summed E-state index contributed by atoms with van der Waals surface area (Å²) in [6.45, 7) is 0.00453. The number of nitrogens with two attached hydrogens (primary N) is 1. The number of carbonyl (C=O) groups is 5. The van der Waals surface area contributed by atoms with Crippen molar-refractivity contribution in [1.82, 2.24) is 9.88 Å². The Balaban J connectivity index is 1.41. The molecule has 3 unspecified atom stereocenters. The zero-order valence-electron chi connectivity index (χ0n) is 23.7. The highest BCUT2D eigenvalue weighted by Gasteiger charge is 2.57. The number of aliphatic carboxylic acids is 1. The van der Waals surface area contributed by atoms with Crippen LogP contribution in [0.2, 0.25) is 0 Å². The number of ketones is 1. The Bertz CT molecular complexity index is 1690. The molecule has 4 aromatic rings. The first-order valence-corrected chi connectivity index (χ1v) is 16.0. The molecule has 0 saturated carbocycles. The number of aromatic amines is 1. The maximum Gasteiger partial charge on any atom is 0.337 e. The van der Waals surface area contributed by atoms with Crippen LogP contribution in [-0.2, 0) is 20.8 Å². The van der Waals surface area contributed by atoms with Crippen molar-refractivity contribution >= 4 is 62.3 Å². The average molecular weight is 630 g/mol. The van der Waals surface area contributed by atoms with Crippen molar-refractivity contribution in [2.75, 3.05) is 12.3 Å². The lowest BCUT2D eigenvalue weighted by atomic mass is 9.84. The van der Waals surface area contributed by atoms with Gasteiger partial charge >= 0.3 is 5.97 Å². The Kier molecular flexibility index (Phi) is 9.68. The molecule has 44 heavy (non-hydrogen) atoms. The zero-order valence-corrected chi connectivity index (χ0v) is 25.3. The van der Waals surface area contributed by atoms with Crippen molar-refractivity contribution in [2.24, 2.45) is 5.73 Å². The minimum absolute atomic E-state index is 0.00453. The van der Waals surface area contributed by atoms with Crippen LogP contribution in [0.4, 0.5) is 0 Å². The molecule has 0 aliphatic carbocycles. The summed E-state index contributed by atoms with van der Waals surface area (Å²) in [6.07, 6.45) is 1.98. The second-order valence-electron chi connectivity index (χ2n) is 10.5. The summed E-state index contributed by atoms with van der Waals surface area (Å²) in [4.78, 5) is 71.3. The van der Waals surface area contributed by atoms with Gasteiger partial charge in [-0.3, -0.25) is 19.2 Å². The van der Waals surface area contributed by atoms with E-state index < -0.39 is 39.6 Å². The monoisotopic (exact) mass is 629 g/mol. The second kappa shape index (κ2) is 13.6. The molecule has 1 aliphatic heterocycles. The fourth-order valence-corrected chi connectivity index (χ4v) is 7.53. The topological polar surface area (TPSA) is 151 Å². The molecule has 5 rings (SSSR count). The second-order valence-corrected chi connectivity index (χ2v) is 12.7. The molecule has 1 saturated heterocycles. The smallest absolute Gasteiger partial charge is 0.337 e. The highest BCUT2D eigenvalue weighted by Crippen LogP contribution is 2.36. The van der Waals surface area contributed by atoms with Crippen molar-refractivity contribution < 1.29 is 29.1 Å². The Morgan fingerprint density at radius 2 is 1.50 bits per heavy atom. The van der Waals surface area contributed by atoms with Gasteiger partial charge in [-0.15, -0.1) is 0 Å². The number of nitrogens with one attached hydrogen (secondary N) is 1. The van der Waals surface area contributed by atoms with Gasteiger partial charge in [0, 0.05) is 40.5 Å². The van der Waals surface area contributed by atoms with Gasteiger partial charge in [0.15, 0.2) is 5.78 Å². The Hall–Kier alpha value is -4.19. The van der Waals surface area contributed by atoms with E-state index in [0.29, 0.717) is 11.1 Å². The van der Waals surface area contributed by atoms with Gasteiger partial charge in [-0.2, -0.15) is 0 Å². The predicted molar refractivity (Wildman–Crippen MR) is 172 cm³/mol. The lowest BCUT2D eigenvalue weighted by Crippen LogP contribution is -2.64. The quantitative estimate of drug-likeness (QED) is 0.203. The summed E-state index contributed by atoms with van der Waals surface area (Å²) in [5.41, 5.74) is 6.61. The molecule has 2 heterocycles. The van der Waals surface area contributed by atoms with Crippen LogP contribution in [0.5, 0.6) is 0 Å². The number of Topliss-reactive ketones (excluding diaryl/α,β-unsaturated/α-hetero) is 1.